The Labute approximate surface area is 108 Å². The molecule has 2 rings (SSSR count). The van der Waals surface area contributed by atoms with E-state index in [0.29, 0.717) is 0 Å². The number of aryl methyl sites for hydroxylation is 3. The van der Waals surface area contributed by atoms with Gasteiger partial charge < -0.3 is 5.32 Å². The standard InChI is InChI=1S/C15H19N3/c1-10-5-11(2)7-13(6-10)15(16-4)14-9-17-12(3)8-18-14/h5-9,15-16H,1-4H3. The molecule has 1 aromatic heterocycles. The Morgan fingerprint density at radius 1 is 0.944 bits per heavy atom. The normalized spacial score (nSPS) is 12.4. The van der Waals surface area contributed by atoms with Gasteiger partial charge in [-0.05, 0) is 33.4 Å². The van der Waals surface area contributed by atoms with E-state index in [9.17, 15) is 0 Å². The molecule has 1 atom stereocenters. The average Bonchev–Trinajstić information content (AvgIpc) is 2.31. The number of hydrogen-bond acceptors (Lipinski definition) is 3. The Balaban J connectivity index is 2.41. The summed E-state index contributed by atoms with van der Waals surface area (Å²) in [6.45, 7) is 6.18. The van der Waals surface area contributed by atoms with Crippen molar-refractivity contribution in [1.29, 1.82) is 0 Å². The van der Waals surface area contributed by atoms with Crippen LogP contribution in [-0.4, -0.2) is 17.0 Å². The van der Waals surface area contributed by atoms with Gasteiger partial charge in [0.05, 0.1) is 23.6 Å². The van der Waals surface area contributed by atoms with Crippen LogP contribution < -0.4 is 5.32 Å². The number of nitrogens with zero attached hydrogens (tertiary/aromatic N) is 2. The molecule has 3 nitrogen and oxygen atoms in total. The Bertz CT molecular complexity index is 512. The fourth-order valence-electron chi connectivity index (χ4n) is 2.21. The number of hydrogen-bond donors (Lipinski definition) is 1. The van der Waals surface area contributed by atoms with Gasteiger partial charge in [-0.1, -0.05) is 29.3 Å². The summed E-state index contributed by atoms with van der Waals surface area (Å²) in [5.74, 6) is 0. The zero-order chi connectivity index (χ0) is 13.1. The highest BCUT2D eigenvalue weighted by Crippen LogP contribution is 2.21. The third kappa shape index (κ3) is 2.74. The van der Waals surface area contributed by atoms with Crippen LogP contribution in [0.25, 0.3) is 0 Å². The maximum atomic E-state index is 4.46. The summed E-state index contributed by atoms with van der Waals surface area (Å²) in [5.41, 5.74) is 5.66. The molecule has 0 aliphatic carbocycles. The Kier molecular flexibility index (Phi) is 3.72. The maximum absolute atomic E-state index is 4.46. The van der Waals surface area contributed by atoms with Gasteiger partial charge in [0.15, 0.2) is 0 Å². The lowest BCUT2D eigenvalue weighted by Gasteiger charge is -2.17. The van der Waals surface area contributed by atoms with Crippen LogP contribution in [0.4, 0.5) is 0 Å². The van der Waals surface area contributed by atoms with E-state index in [4.69, 9.17) is 0 Å². The van der Waals surface area contributed by atoms with Crippen LogP contribution in [0.2, 0.25) is 0 Å². The van der Waals surface area contributed by atoms with E-state index in [0.717, 1.165) is 11.4 Å². The third-order valence-electron chi connectivity index (χ3n) is 2.96. The van der Waals surface area contributed by atoms with Gasteiger partial charge >= 0.3 is 0 Å². The Hall–Kier alpha value is -1.74. The van der Waals surface area contributed by atoms with Crippen molar-refractivity contribution in [2.75, 3.05) is 7.05 Å². The van der Waals surface area contributed by atoms with Gasteiger partial charge in [0.1, 0.15) is 0 Å². The van der Waals surface area contributed by atoms with Crippen LogP contribution in [0.5, 0.6) is 0 Å². The zero-order valence-corrected chi connectivity index (χ0v) is 11.4. The molecule has 0 saturated heterocycles. The molecule has 0 aliphatic heterocycles. The SMILES string of the molecule is CNC(c1cc(C)cc(C)c1)c1cnc(C)cn1. The minimum absolute atomic E-state index is 0.0942. The molecule has 1 unspecified atom stereocenters. The third-order valence-corrected chi connectivity index (χ3v) is 2.96. The van der Waals surface area contributed by atoms with Gasteiger partial charge in [0.25, 0.3) is 0 Å². The van der Waals surface area contributed by atoms with Crippen molar-refractivity contribution in [3.63, 3.8) is 0 Å². The van der Waals surface area contributed by atoms with E-state index in [2.05, 4.69) is 47.3 Å². The summed E-state index contributed by atoms with van der Waals surface area (Å²) in [4.78, 5) is 8.78. The van der Waals surface area contributed by atoms with Crippen LogP contribution in [-0.2, 0) is 0 Å². The van der Waals surface area contributed by atoms with Gasteiger partial charge in [0, 0.05) is 6.20 Å². The minimum Gasteiger partial charge on any atom is -0.308 e. The Morgan fingerprint density at radius 3 is 2.11 bits per heavy atom. The first-order chi connectivity index (χ1) is 8.60. The summed E-state index contributed by atoms with van der Waals surface area (Å²) in [6.07, 6.45) is 3.65. The van der Waals surface area contributed by atoms with Crippen molar-refractivity contribution in [2.45, 2.75) is 26.8 Å². The predicted molar refractivity (Wildman–Crippen MR) is 73.6 cm³/mol. The van der Waals surface area contributed by atoms with Gasteiger partial charge in [-0.3, -0.25) is 9.97 Å². The van der Waals surface area contributed by atoms with Crippen molar-refractivity contribution in [2.24, 2.45) is 0 Å². The fraction of sp³-hybridized carbons (Fsp3) is 0.333. The van der Waals surface area contributed by atoms with E-state index in [1.807, 2.05) is 26.4 Å². The molecule has 0 spiro atoms. The molecule has 2 aromatic rings. The molecule has 3 heteroatoms. The quantitative estimate of drug-likeness (QED) is 0.897. The van der Waals surface area contributed by atoms with E-state index in [1.54, 1.807) is 0 Å². The monoisotopic (exact) mass is 241 g/mol. The van der Waals surface area contributed by atoms with Crippen molar-refractivity contribution in [3.8, 4) is 0 Å². The molecule has 0 radical (unpaired) electrons. The minimum atomic E-state index is 0.0942. The van der Waals surface area contributed by atoms with Crippen molar-refractivity contribution in [3.05, 3.63) is 58.7 Å². The summed E-state index contributed by atoms with van der Waals surface area (Å²) < 4.78 is 0. The van der Waals surface area contributed by atoms with Crippen molar-refractivity contribution < 1.29 is 0 Å². The van der Waals surface area contributed by atoms with Crippen LogP contribution in [0.15, 0.2) is 30.6 Å². The first-order valence-electron chi connectivity index (χ1n) is 6.14. The molecule has 18 heavy (non-hydrogen) atoms. The first kappa shape index (κ1) is 12.7. The lowest BCUT2D eigenvalue weighted by atomic mass is 9.99. The van der Waals surface area contributed by atoms with Crippen LogP contribution in [0, 0.1) is 20.8 Å². The van der Waals surface area contributed by atoms with Crippen molar-refractivity contribution in [1.82, 2.24) is 15.3 Å². The van der Waals surface area contributed by atoms with E-state index in [1.165, 1.54) is 16.7 Å². The second-order valence-electron chi connectivity index (χ2n) is 4.73. The second-order valence-corrected chi connectivity index (χ2v) is 4.73. The second kappa shape index (κ2) is 5.27. The van der Waals surface area contributed by atoms with E-state index < -0.39 is 0 Å². The van der Waals surface area contributed by atoms with Crippen LogP contribution in [0.3, 0.4) is 0 Å². The molecular formula is C15H19N3. The van der Waals surface area contributed by atoms with E-state index >= 15 is 0 Å². The molecule has 0 bridgehead atoms. The van der Waals surface area contributed by atoms with Crippen LogP contribution >= 0.6 is 0 Å². The van der Waals surface area contributed by atoms with Crippen LogP contribution in [0.1, 0.15) is 34.1 Å². The predicted octanol–water partition coefficient (Wildman–Crippen LogP) is 2.71. The molecule has 0 fully saturated rings. The smallest absolute Gasteiger partial charge is 0.0801 e. The summed E-state index contributed by atoms with van der Waals surface area (Å²) in [6, 6.07) is 6.65. The van der Waals surface area contributed by atoms with Crippen molar-refractivity contribution >= 4 is 0 Å². The largest absolute Gasteiger partial charge is 0.308 e. The summed E-state index contributed by atoms with van der Waals surface area (Å²) in [7, 11) is 1.95. The highest BCUT2D eigenvalue weighted by atomic mass is 14.9. The van der Waals surface area contributed by atoms with Gasteiger partial charge in [-0.25, -0.2) is 0 Å². The zero-order valence-electron chi connectivity index (χ0n) is 11.4. The Morgan fingerprint density at radius 2 is 1.61 bits per heavy atom. The molecule has 0 saturated carbocycles. The highest BCUT2D eigenvalue weighted by molar-refractivity contribution is 5.34. The topological polar surface area (TPSA) is 37.8 Å². The first-order valence-corrected chi connectivity index (χ1v) is 6.14. The maximum Gasteiger partial charge on any atom is 0.0801 e. The number of benzene rings is 1. The fourth-order valence-corrected chi connectivity index (χ4v) is 2.21. The number of nitrogens with one attached hydrogen (secondary N) is 1. The average molecular weight is 241 g/mol. The molecule has 1 N–H and O–H groups in total. The lowest BCUT2D eigenvalue weighted by Crippen LogP contribution is -2.19. The number of aromatic nitrogens is 2. The molecule has 0 amide bonds. The highest BCUT2D eigenvalue weighted by Gasteiger charge is 2.14. The lowest BCUT2D eigenvalue weighted by molar-refractivity contribution is 0.664. The van der Waals surface area contributed by atoms with Gasteiger partial charge in [-0.15, -0.1) is 0 Å². The van der Waals surface area contributed by atoms with Gasteiger partial charge in [0.2, 0.25) is 0 Å². The summed E-state index contributed by atoms with van der Waals surface area (Å²) >= 11 is 0. The molecule has 1 aromatic carbocycles. The summed E-state index contributed by atoms with van der Waals surface area (Å²) in [5, 5.41) is 3.31. The molecule has 1 heterocycles. The van der Waals surface area contributed by atoms with Gasteiger partial charge in [-0.2, -0.15) is 0 Å². The molecular weight excluding hydrogens is 222 g/mol. The molecule has 94 valence electrons. The van der Waals surface area contributed by atoms with E-state index in [-0.39, 0.29) is 6.04 Å². The molecule has 0 aliphatic rings. The number of rotatable bonds is 3.